The van der Waals surface area contributed by atoms with Crippen LogP contribution in [0.25, 0.3) is 0 Å². The molecule has 3 nitrogen and oxygen atoms in total. The molecule has 2 unspecified atom stereocenters. The minimum Gasteiger partial charge on any atom is -0.490 e. The van der Waals surface area contributed by atoms with E-state index in [-0.39, 0.29) is 6.10 Å². The Bertz CT molecular complexity index is 366. The van der Waals surface area contributed by atoms with Gasteiger partial charge in [-0.2, -0.15) is 0 Å². The van der Waals surface area contributed by atoms with Crippen LogP contribution >= 0.6 is 0 Å². The Morgan fingerprint density at radius 1 is 1.29 bits per heavy atom. The van der Waals surface area contributed by atoms with Gasteiger partial charge in [0.25, 0.3) is 0 Å². The summed E-state index contributed by atoms with van der Waals surface area (Å²) in [6.07, 6.45) is 2.46. The second-order valence-electron chi connectivity index (χ2n) is 4.87. The van der Waals surface area contributed by atoms with Gasteiger partial charge in [-0.05, 0) is 44.4 Å². The first-order valence-corrected chi connectivity index (χ1v) is 6.06. The lowest BCUT2D eigenvalue weighted by Gasteiger charge is -2.29. The zero-order valence-corrected chi connectivity index (χ0v) is 10.6. The third-order valence-corrected chi connectivity index (χ3v) is 3.41. The number of benzene rings is 1. The molecule has 0 spiro atoms. The maximum Gasteiger partial charge on any atom is 0.119 e. The van der Waals surface area contributed by atoms with Crippen molar-refractivity contribution in [3.05, 3.63) is 29.8 Å². The van der Waals surface area contributed by atoms with Crippen molar-refractivity contribution in [1.29, 1.82) is 0 Å². The topological polar surface area (TPSA) is 38.7 Å². The van der Waals surface area contributed by atoms with Gasteiger partial charge in [0.05, 0.1) is 12.2 Å². The first kappa shape index (κ1) is 12.4. The first-order valence-electron chi connectivity index (χ1n) is 6.06. The van der Waals surface area contributed by atoms with E-state index in [1.165, 1.54) is 0 Å². The van der Waals surface area contributed by atoms with Crippen LogP contribution in [0.3, 0.4) is 0 Å². The molecular formula is C14H20O3. The average Bonchev–Trinajstić information content (AvgIpc) is 3.12. The summed E-state index contributed by atoms with van der Waals surface area (Å²) in [5, 5.41) is 10.4. The summed E-state index contributed by atoms with van der Waals surface area (Å²) in [6.45, 7) is 3.62. The van der Waals surface area contributed by atoms with Crippen LogP contribution in [-0.2, 0) is 10.3 Å². The lowest BCUT2D eigenvalue weighted by molar-refractivity contribution is -0.0772. The van der Waals surface area contributed by atoms with Crippen LogP contribution in [0.1, 0.15) is 32.3 Å². The number of rotatable bonds is 5. The van der Waals surface area contributed by atoms with Gasteiger partial charge >= 0.3 is 0 Å². The first-order chi connectivity index (χ1) is 8.04. The molecule has 0 aliphatic heterocycles. The van der Waals surface area contributed by atoms with E-state index in [4.69, 9.17) is 9.47 Å². The van der Waals surface area contributed by atoms with Crippen LogP contribution in [0, 0.1) is 0 Å². The van der Waals surface area contributed by atoms with Gasteiger partial charge in [-0.1, -0.05) is 12.1 Å². The lowest BCUT2D eigenvalue weighted by Crippen LogP contribution is -2.35. The number of aliphatic hydroxyl groups is 1. The minimum absolute atomic E-state index is 0.252. The Morgan fingerprint density at radius 3 is 2.35 bits per heavy atom. The average molecular weight is 236 g/mol. The molecule has 1 aromatic rings. The molecular weight excluding hydrogens is 216 g/mol. The van der Waals surface area contributed by atoms with Gasteiger partial charge in [0.15, 0.2) is 0 Å². The van der Waals surface area contributed by atoms with Crippen molar-refractivity contribution < 1.29 is 14.6 Å². The van der Waals surface area contributed by atoms with E-state index in [0.717, 1.165) is 24.2 Å². The maximum atomic E-state index is 10.4. The second kappa shape index (κ2) is 4.67. The van der Waals surface area contributed by atoms with Crippen molar-refractivity contribution >= 4 is 0 Å². The fourth-order valence-electron chi connectivity index (χ4n) is 1.71. The number of ether oxygens (including phenoxy) is 2. The molecule has 1 N–H and O–H groups in total. The Labute approximate surface area is 102 Å². The molecule has 17 heavy (non-hydrogen) atoms. The largest absolute Gasteiger partial charge is 0.490 e. The predicted molar refractivity (Wildman–Crippen MR) is 66.1 cm³/mol. The SMILES string of the molecule is COC(C)C(C)(O)c1ccc(OC2CC2)cc1. The van der Waals surface area contributed by atoms with Crippen LogP contribution in [0.15, 0.2) is 24.3 Å². The lowest BCUT2D eigenvalue weighted by atomic mass is 9.91. The molecule has 2 atom stereocenters. The van der Waals surface area contributed by atoms with Crippen LogP contribution in [-0.4, -0.2) is 24.4 Å². The molecule has 0 radical (unpaired) electrons. The summed E-state index contributed by atoms with van der Waals surface area (Å²) >= 11 is 0. The highest BCUT2D eigenvalue weighted by Gasteiger charge is 2.30. The summed E-state index contributed by atoms with van der Waals surface area (Å²) in [5.74, 6) is 0.872. The van der Waals surface area contributed by atoms with Crippen molar-refractivity contribution in [2.75, 3.05) is 7.11 Å². The fourth-order valence-corrected chi connectivity index (χ4v) is 1.71. The van der Waals surface area contributed by atoms with Crippen molar-refractivity contribution in [3.8, 4) is 5.75 Å². The number of hydrogen-bond acceptors (Lipinski definition) is 3. The molecule has 0 heterocycles. The van der Waals surface area contributed by atoms with E-state index >= 15 is 0 Å². The molecule has 1 aromatic carbocycles. The van der Waals surface area contributed by atoms with Gasteiger partial charge in [0.1, 0.15) is 11.4 Å². The fraction of sp³-hybridized carbons (Fsp3) is 0.571. The van der Waals surface area contributed by atoms with E-state index in [2.05, 4.69) is 0 Å². The number of hydrogen-bond donors (Lipinski definition) is 1. The van der Waals surface area contributed by atoms with Gasteiger partial charge < -0.3 is 14.6 Å². The molecule has 1 saturated carbocycles. The van der Waals surface area contributed by atoms with Crippen molar-refractivity contribution in [3.63, 3.8) is 0 Å². The van der Waals surface area contributed by atoms with E-state index in [1.807, 2.05) is 31.2 Å². The predicted octanol–water partition coefficient (Wildman–Crippen LogP) is 2.47. The third-order valence-electron chi connectivity index (χ3n) is 3.41. The number of methoxy groups -OCH3 is 1. The molecule has 0 aromatic heterocycles. The van der Waals surface area contributed by atoms with E-state index in [0.29, 0.717) is 6.10 Å². The normalized spacial score (nSPS) is 20.7. The van der Waals surface area contributed by atoms with Gasteiger partial charge in [-0.3, -0.25) is 0 Å². The van der Waals surface area contributed by atoms with Crippen molar-refractivity contribution in [2.45, 2.75) is 44.5 Å². The Balaban J connectivity index is 2.10. The zero-order chi connectivity index (χ0) is 12.5. The van der Waals surface area contributed by atoms with Gasteiger partial charge in [-0.15, -0.1) is 0 Å². The van der Waals surface area contributed by atoms with Crippen molar-refractivity contribution in [1.82, 2.24) is 0 Å². The summed E-state index contributed by atoms with van der Waals surface area (Å²) in [5.41, 5.74) is -0.137. The smallest absolute Gasteiger partial charge is 0.119 e. The molecule has 94 valence electrons. The van der Waals surface area contributed by atoms with E-state index < -0.39 is 5.60 Å². The molecule has 0 amide bonds. The molecule has 3 heteroatoms. The zero-order valence-electron chi connectivity index (χ0n) is 10.6. The van der Waals surface area contributed by atoms with E-state index in [1.54, 1.807) is 14.0 Å². The van der Waals surface area contributed by atoms with Gasteiger partial charge in [-0.25, -0.2) is 0 Å². The van der Waals surface area contributed by atoms with Crippen LogP contribution in [0.2, 0.25) is 0 Å². The molecule has 0 saturated heterocycles. The third kappa shape index (κ3) is 2.79. The van der Waals surface area contributed by atoms with Crippen LogP contribution in [0.5, 0.6) is 5.75 Å². The molecule has 1 fully saturated rings. The summed E-state index contributed by atoms with van der Waals surface area (Å²) in [7, 11) is 1.60. The summed E-state index contributed by atoms with van der Waals surface area (Å²) < 4.78 is 10.9. The highest BCUT2D eigenvalue weighted by atomic mass is 16.5. The standard InChI is InChI=1S/C14H20O3/c1-10(16-3)14(2,15)11-4-6-12(7-5-11)17-13-8-9-13/h4-7,10,13,15H,8-9H2,1-3H3. The highest BCUT2D eigenvalue weighted by molar-refractivity contribution is 5.31. The van der Waals surface area contributed by atoms with E-state index in [9.17, 15) is 5.11 Å². The molecule has 0 bridgehead atoms. The maximum absolute atomic E-state index is 10.4. The summed E-state index contributed by atoms with van der Waals surface area (Å²) in [6, 6.07) is 7.61. The summed E-state index contributed by atoms with van der Waals surface area (Å²) in [4.78, 5) is 0. The Hall–Kier alpha value is -1.06. The van der Waals surface area contributed by atoms with Crippen molar-refractivity contribution in [2.24, 2.45) is 0 Å². The minimum atomic E-state index is -0.979. The molecule has 1 aliphatic rings. The van der Waals surface area contributed by atoms with Crippen LogP contribution < -0.4 is 4.74 Å². The molecule has 1 aliphatic carbocycles. The monoisotopic (exact) mass is 236 g/mol. The highest BCUT2D eigenvalue weighted by Crippen LogP contribution is 2.30. The second-order valence-corrected chi connectivity index (χ2v) is 4.87. The Kier molecular flexibility index (Phi) is 3.40. The quantitative estimate of drug-likeness (QED) is 0.853. The van der Waals surface area contributed by atoms with Gasteiger partial charge in [0.2, 0.25) is 0 Å². The molecule has 2 rings (SSSR count). The Morgan fingerprint density at radius 2 is 1.88 bits per heavy atom. The van der Waals surface area contributed by atoms with Gasteiger partial charge in [0, 0.05) is 7.11 Å². The van der Waals surface area contributed by atoms with Crippen LogP contribution in [0.4, 0.5) is 0 Å².